The van der Waals surface area contributed by atoms with E-state index in [1.165, 1.54) is 30.5 Å². The standard InChI is InChI=1S/C18H14ClFN2O4S/c19-13-4-1-3-12(9-13)18(23)22-17-7-6-15(10-16(17)20)27(24,25)21-11-14-5-2-8-26-14/h1-10,21H,11H2,(H,22,23). The van der Waals surface area contributed by atoms with Gasteiger partial charge in [0.05, 0.1) is 23.4 Å². The molecule has 0 fully saturated rings. The lowest BCUT2D eigenvalue weighted by molar-refractivity contribution is 0.102. The molecule has 0 spiro atoms. The van der Waals surface area contributed by atoms with Crippen LogP contribution in [-0.4, -0.2) is 14.3 Å². The van der Waals surface area contributed by atoms with Crippen LogP contribution < -0.4 is 10.0 Å². The lowest BCUT2D eigenvalue weighted by Crippen LogP contribution is -2.23. The summed E-state index contributed by atoms with van der Waals surface area (Å²) in [5.74, 6) is -1.03. The highest BCUT2D eigenvalue weighted by Crippen LogP contribution is 2.20. The highest BCUT2D eigenvalue weighted by atomic mass is 35.5. The molecule has 0 aliphatic rings. The Kier molecular flexibility index (Phi) is 5.59. The molecule has 2 aromatic carbocycles. The van der Waals surface area contributed by atoms with Crippen molar-refractivity contribution in [2.45, 2.75) is 11.4 Å². The minimum Gasteiger partial charge on any atom is -0.468 e. The summed E-state index contributed by atoms with van der Waals surface area (Å²) in [6.45, 7) is -0.0653. The van der Waals surface area contributed by atoms with Gasteiger partial charge in [-0.25, -0.2) is 17.5 Å². The van der Waals surface area contributed by atoms with Crippen LogP contribution >= 0.6 is 11.6 Å². The number of sulfonamides is 1. The molecule has 1 amide bonds. The van der Waals surface area contributed by atoms with E-state index in [-0.39, 0.29) is 22.7 Å². The van der Waals surface area contributed by atoms with Gasteiger partial charge in [0.2, 0.25) is 10.0 Å². The van der Waals surface area contributed by atoms with Crippen LogP contribution in [0, 0.1) is 5.82 Å². The largest absolute Gasteiger partial charge is 0.468 e. The molecule has 3 rings (SSSR count). The average Bonchev–Trinajstić information content (AvgIpc) is 3.15. The number of halogens is 2. The fourth-order valence-corrected chi connectivity index (χ4v) is 3.45. The van der Waals surface area contributed by atoms with Gasteiger partial charge in [0.25, 0.3) is 5.91 Å². The Balaban J connectivity index is 1.74. The first-order chi connectivity index (χ1) is 12.8. The Morgan fingerprint density at radius 2 is 1.93 bits per heavy atom. The summed E-state index contributed by atoms with van der Waals surface area (Å²) in [5, 5.41) is 2.75. The van der Waals surface area contributed by atoms with Crippen molar-refractivity contribution in [3.05, 3.63) is 83.0 Å². The van der Waals surface area contributed by atoms with Crippen LogP contribution in [0.1, 0.15) is 16.1 Å². The van der Waals surface area contributed by atoms with Gasteiger partial charge in [-0.3, -0.25) is 4.79 Å². The quantitative estimate of drug-likeness (QED) is 0.649. The molecule has 0 atom stereocenters. The van der Waals surface area contributed by atoms with Crippen molar-refractivity contribution < 1.29 is 22.0 Å². The summed E-state index contributed by atoms with van der Waals surface area (Å²) in [6, 6.07) is 12.6. The normalized spacial score (nSPS) is 11.3. The number of carbonyl (C=O) groups excluding carboxylic acids is 1. The molecule has 1 heterocycles. The molecule has 27 heavy (non-hydrogen) atoms. The number of rotatable bonds is 6. The number of anilines is 1. The Hall–Kier alpha value is -2.68. The smallest absolute Gasteiger partial charge is 0.255 e. The van der Waals surface area contributed by atoms with Crippen LogP contribution in [0.3, 0.4) is 0 Å². The van der Waals surface area contributed by atoms with Gasteiger partial charge >= 0.3 is 0 Å². The van der Waals surface area contributed by atoms with Gasteiger partial charge in [0, 0.05) is 10.6 Å². The second kappa shape index (κ2) is 7.91. The van der Waals surface area contributed by atoms with Crippen molar-refractivity contribution in [3.63, 3.8) is 0 Å². The van der Waals surface area contributed by atoms with Crippen molar-refractivity contribution in [1.82, 2.24) is 4.72 Å². The van der Waals surface area contributed by atoms with Crippen LogP contribution in [0.5, 0.6) is 0 Å². The first kappa shape index (κ1) is 19.1. The predicted molar refractivity (Wildman–Crippen MR) is 98.5 cm³/mol. The second-order valence-corrected chi connectivity index (χ2v) is 7.71. The maximum atomic E-state index is 14.3. The molecule has 2 N–H and O–H groups in total. The molecule has 3 aromatic rings. The number of nitrogens with one attached hydrogen (secondary N) is 2. The molecule has 0 unspecified atom stereocenters. The first-order valence-electron chi connectivity index (χ1n) is 7.74. The van der Waals surface area contributed by atoms with E-state index < -0.39 is 21.7 Å². The Morgan fingerprint density at radius 1 is 1.11 bits per heavy atom. The Labute approximate surface area is 160 Å². The van der Waals surface area contributed by atoms with E-state index in [2.05, 4.69) is 10.0 Å². The molecule has 0 bridgehead atoms. The van der Waals surface area contributed by atoms with Gasteiger partial charge in [-0.15, -0.1) is 0 Å². The summed E-state index contributed by atoms with van der Waals surface area (Å²) in [6.07, 6.45) is 1.42. The van der Waals surface area contributed by atoms with Crippen molar-refractivity contribution in [2.24, 2.45) is 0 Å². The zero-order chi connectivity index (χ0) is 19.4. The summed E-state index contributed by atoms with van der Waals surface area (Å²) >= 11 is 5.83. The summed E-state index contributed by atoms with van der Waals surface area (Å²) in [7, 11) is -3.94. The highest BCUT2D eigenvalue weighted by molar-refractivity contribution is 7.89. The maximum absolute atomic E-state index is 14.3. The van der Waals surface area contributed by atoms with E-state index >= 15 is 0 Å². The average molecular weight is 409 g/mol. The molecule has 0 radical (unpaired) electrons. The lowest BCUT2D eigenvalue weighted by atomic mass is 10.2. The molecular formula is C18H14ClFN2O4S. The number of hydrogen-bond donors (Lipinski definition) is 2. The number of amides is 1. The van der Waals surface area contributed by atoms with Crippen molar-refractivity contribution in [2.75, 3.05) is 5.32 Å². The molecule has 1 aromatic heterocycles. The van der Waals surface area contributed by atoms with Gasteiger partial charge in [-0.2, -0.15) is 0 Å². The van der Waals surface area contributed by atoms with Gasteiger partial charge in [-0.1, -0.05) is 17.7 Å². The molecular weight excluding hydrogens is 395 g/mol. The van der Waals surface area contributed by atoms with E-state index in [1.54, 1.807) is 24.3 Å². The molecule has 140 valence electrons. The monoisotopic (exact) mass is 408 g/mol. The second-order valence-electron chi connectivity index (χ2n) is 5.51. The van der Waals surface area contributed by atoms with Gasteiger partial charge in [0.1, 0.15) is 11.6 Å². The van der Waals surface area contributed by atoms with Crippen LogP contribution in [0.2, 0.25) is 5.02 Å². The van der Waals surface area contributed by atoms with Gasteiger partial charge in [0.15, 0.2) is 0 Å². The fraction of sp³-hybridized carbons (Fsp3) is 0.0556. The summed E-state index contributed by atoms with van der Waals surface area (Å²) < 4.78 is 46.2. The zero-order valence-electron chi connectivity index (χ0n) is 13.8. The Bertz CT molecular complexity index is 1070. The van der Waals surface area contributed by atoms with Crippen molar-refractivity contribution >= 4 is 33.2 Å². The van der Waals surface area contributed by atoms with E-state index in [1.807, 2.05) is 0 Å². The van der Waals surface area contributed by atoms with E-state index in [4.69, 9.17) is 16.0 Å². The van der Waals surface area contributed by atoms with Crippen LogP contribution in [0.25, 0.3) is 0 Å². The third-order valence-electron chi connectivity index (χ3n) is 3.60. The number of hydrogen-bond acceptors (Lipinski definition) is 4. The Morgan fingerprint density at radius 3 is 2.59 bits per heavy atom. The molecule has 0 saturated carbocycles. The zero-order valence-corrected chi connectivity index (χ0v) is 15.4. The fourth-order valence-electron chi connectivity index (χ4n) is 2.25. The number of carbonyl (C=O) groups is 1. The topological polar surface area (TPSA) is 88.4 Å². The molecule has 0 saturated heterocycles. The first-order valence-corrected chi connectivity index (χ1v) is 9.60. The minimum atomic E-state index is -3.94. The van der Waals surface area contributed by atoms with Crippen LogP contribution in [-0.2, 0) is 16.6 Å². The molecule has 0 aliphatic heterocycles. The summed E-state index contributed by atoms with van der Waals surface area (Å²) in [4.78, 5) is 11.9. The van der Waals surface area contributed by atoms with Gasteiger partial charge < -0.3 is 9.73 Å². The molecule has 6 nitrogen and oxygen atoms in total. The molecule has 9 heteroatoms. The van der Waals surface area contributed by atoms with E-state index in [0.29, 0.717) is 10.8 Å². The molecule has 0 aliphatic carbocycles. The SMILES string of the molecule is O=C(Nc1ccc(S(=O)(=O)NCc2ccco2)cc1F)c1cccc(Cl)c1. The predicted octanol–water partition coefficient (Wildman–Crippen LogP) is 3.80. The third-order valence-corrected chi connectivity index (χ3v) is 5.24. The van der Waals surface area contributed by atoms with Crippen LogP contribution in [0.4, 0.5) is 10.1 Å². The lowest BCUT2D eigenvalue weighted by Gasteiger charge is -2.10. The number of furan rings is 1. The number of benzene rings is 2. The third kappa shape index (κ3) is 4.73. The maximum Gasteiger partial charge on any atom is 0.255 e. The van der Waals surface area contributed by atoms with E-state index in [9.17, 15) is 17.6 Å². The highest BCUT2D eigenvalue weighted by Gasteiger charge is 2.18. The van der Waals surface area contributed by atoms with Crippen molar-refractivity contribution in [1.29, 1.82) is 0 Å². The van der Waals surface area contributed by atoms with Crippen molar-refractivity contribution in [3.8, 4) is 0 Å². The van der Waals surface area contributed by atoms with Gasteiger partial charge in [-0.05, 0) is 48.5 Å². The van der Waals surface area contributed by atoms with Crippen LogP contribution in [0.15, 0.2) is 70.2 Å². The van der Waals surface area contributed by atoms with E-state index in [0.717, 1.165) is 6.07 Å². The summed E-state index contributed by atoms with van der Waals surface area (Å²) in [5.41, 5.74) is 0.101. The minimum absolute atomic E-state index is 0.0653.